The van der Waals surface area contributed by atoms with Gasteiger partial charge >= 0.3 is 0 Å². The molecular weight excluding hydrogens is 222 g/mol. The summed E-state index contributed by atoms with van der Waals surface area (Å²) in [6, 6.07) is 16.6. The average molecular weight is 233 g/mol. The molecule has 0 saturated heterocycles. The lowest BCUT2D eigenvalue weighted by Gasteiger charge is -1.99. The number of furan rings is 1. The quantitative estimate of drug-likeness (QED) is 0.512. The van der Waals surface area contributed by atoms with Gasteiger partial charge in [-0.05, 0) is 35.2 Å². The van der Waals surface area contributed by atoms with Crippen LogP contribution in [0.5, 0.6) is 0 Å². The molecule has 2 heteroatoms. The maximum atomic E-state index is 5.59. The monoisotopic (exact) mass is 233 g/mol. The topological polar surface area (TPSA) is 28.9 Å². The van der Waals surface area contributed by atoms with Crippen LogP contribution in [0.3, 0.4) is 0 Å². The number of rotatable bonds is 1. The van der Waals surface area contributed by atoms with Crippen molar-refractivity contribution in [2.24, 2.45) is 0 Å². The molecule has 1 N–H and O–H groups in total. The van der Waals surface area contributed by atoms with Gasteiger partial charge in [0.25, 0.3) is 0 Å². The van der Waals surface area contributed by atoms with Crippen LogP contribution in [0.1, 0.15) is 0 Å². The number of benzene rings is 2. The fraction of sp³-hybridized carbons (Fsp3) is 0. The highest BCUT2D eigenvalue weighted by Gasteiger charge is 2.07. The Morgan fingerprint density at radius 2 is 1.89 bits per heavy atom. The van der Waals surface area contributed by atoms with E-state index in [4.69, 9.17) is 4.42 Å². The van der Waals surface area contributed by atoms with Crippen molar-refractivity contribution >= 4 is 21.9 Å². The number of H-pyrrole nitrogens is 1. The van der Waals surface area contributed by atoms with Crippen LogP contribution < -0.4 is 0 Å². The van der Waals surface area contributed by atoms with Crippen molar-refractivity contribution in [2.75, 3.05) is 0 Å². The van der Waals surface area contributed by atoms with Gasteiger partial charge in [-0.3, -0.25) is 0 Å². The third-order valence-electron chi connectivity index (χ3n) is 3.35. The molecule has 0 amide bonds. The Balaban J connectivity index is 2.00. The fourth-order valence-corrected chi connectivity index (χ4v) is 2.42. The maximum Gasteiger partial charge on any atom is 0.134 e. The van der Waals surface area contributed by atoms with E-state index in [2.05, 4.69) is 35.3 Å². The second-order valence-electron chi connectivity index (χ2n) is 4.43. The Morgan fingerprint density at radius 1 is 0.944 bits per heavy atom. The van der Waals surface area contributed by atoms with Crippen LogP contribution in [0.15, 0.2) is 65.4 Å². The third kappa shape index (κ3) is 1.29. The predicted octanol–water partition coefficient (Wildman–Crippen LogP) is 4.58. The Labute approximate surface area is 104 Å². The second kappa shape index (κ2) is 3.50. The van der Waals surface area contributed by atoms with Gasteiger partial charge in [-0.15, -0.1) is 0 Å². The van der Waals surface area contributed by atoms with Crippen molar-refractivity contribution in [3.05, 3.63) is 61.0 Å². The van der Waals surface area contributed by atoms with E-state index in [1.807, 2.05) is 30.7 Å². The van der Waals surface area contributed by atoms with Crippen molar-refractivity contribution in [1.29, 1.82) is 0 Å². The van der Waals surface area contributed by atoms with Crippen LogP contribution in [0.2, 0.25) is 0 Å². The molecule has 0 spiro atoms. The van der Waals surface area contributed by atoms with Gasteiger partial charge in [0.15, 0.2) is 0 Å². The summed E-state index contributed by atoms with van der Waals surface area (Å²) in [6.45, 7) is 0. The predicted molar refractivity (Wildman–Crippen MR) is 73.5 cm³/mol. The van der Waals surface area contributed by atoms with Crippen LogP contribution in [0, 0.1) is 0 Å². The summed E-state index contributed by atoms with van der Waals surface area (Å²) < 4.78 is 5.59. The standard InChI is InChI=1S/C16H11NO/c1-2-4-16-13(3-1)14(10-18-16)11-5-6-15-12(9-11)7-8-17-15/h1-10,17H. The zero-order valence-corrected chi connectivity index (χ0v) is 9.68. The lowest BCUT2D eigenvalue weighted by atomic mass is 10.0. The van der Waals surface area contributed by atoms with Gasteiger partial charge in [-0.1, -0.05) is 24.3 Å². The number of hydrogen-bond donors (Lipinski definition) is 1. The smallest absolute Gasteiger partial charge is 0.134 e. The molecule has 86 valence electrons. The third-order valence-corrected chi connectivity index (χ3v) is 3.35. The number of nitrogens with one attached hydrogen (secondary N) is 1. The maximum absolute atomic E-state index is 5.59. The summed E-state index contributed by atoms with van der Waals surface area (Å²) in [5.41, 5.74) is 4.42. The van der Waals surface area contributed by atoms with Crippen LogP contribution >= 0.6 is 0 Å². The van der Waals surface area contributed by atoms with Gasteiger partial charge in [0.1, 0.15) is 5.58 Å². The molecule has 0 aliphatic rings. The van der Waals surface area contributed by atoms with Gasteiger partial charge < -0.3 is 9.40 Å². The highest BCUT2D eigenvalue weighted by molar-refractivity contribution is 5.96. The van der Waals surface area contributed by atoms with E-state index in [0.29, 0.717) is 0 Å². The minimum Gasteiger partial charge on any atom is -0.464 e. The molecule has 0 bridgehead atoms. The molecule has 4 aromatic rings. The van der Waals surface area contributed by atoms with E-state index in [-0.39, 0.29) is 0 Å². The zero-order valence-electron chi connectivity index (χ0n) is 9.68. The van der Waals surface area contributed by atoms with Gasteiger partial charge in [0.2, 0.25) is 0 Å². The van der Waals surface area contributed by atoms with Gasteiger partial charge in [0.05, 0.1) is 6.26 Å². The van der Waals surface area contributed by atoms with Crippen molar-refractivity contribution in [3.63, 3.8) is 0 Å². The van der Waals surface area contributed by atoms with Crippen molar-refractivity contribution in [1.82, 2.24) is 4.98 Å². The molecule has 0 saturated carbocycles. The summed E-state index contributed by atoms with van der Waals surface area (Å²) in [5, 5.41) is 2.38. The number of fused-ring (bicyclic) bond motifs is 2. The molecule has 0 aliphatic carbocycles. The first-order valence-corrected chi connectivity index (χ1v) is 5.95. The van der Waals surface area contributed by atoms with Crippen LogP contribution in [0.25, 0.3) is 33.0 Å². The minimum absolute atomic E-state index is 0.932. The molecule has 2 aromatic carbocycles. The summed E-state index contributed by atoms with van der Waals surface area (Å²) in [4.78, 5) is 3.21. The van der Waals surface area contributed by atoms with Crippen LogP contribution in [-0.2, 0) is 0 Å². The van der Waals surface area contributed by atoms with E-state index >= 15 is 0 Å². The first-order valence-electron chi connectivity index (χ1n) is 5.95. The lowest BCUT2D eigenvalue weighted by Crippen LogP contribution is -1.75. The first-order chi connectivity index (χ1) is 8.92. The number of aromatic nitrogens is 1. The summed E-state index contributed by atoms with van der Waals surface area (Å²) in [7, 11) is 0. The fourth-order valence-electron chi connectivity index (χ4n) is 2.42. The minimum atomic E-state index is 0.932. The molecular formula is C16H11NO. The molecule has 0 aliphatic heterocycles. The molecule has 4 rings (SSSR count). The summed E-state index contributed by atoms with van der Waals surface area (Å²) >= 11 is 0. The van der Waals surface area contributed by atoms with E-state index in [9.17, 15) is 0 Å². The van der Waals surface area contributed by atoms with Crippen LogP contribution in [-0.4, -0.2) is 4.98 Å². The Kier molecular flexibility index (Phi) is 1.86. The largest absolute Gasteiger partial charge is 0.464 e. The van der Waals surface area contributed by atoms with Gasteiger partial charge in [-0.25, -0.2) is 0 Å². The molecule has 0 atom stereocenters. The molecule has 18 heavy (non-hydrogen) atoms. The number of aromatic amines is 1. The summed E-state index contributed by atoms with van der Waals surface area (Å²) in [5.74, 6) is 0. The SMILES string of the molecule is c1ccc2c(-c3ccc4[nH]ccc4c3)coc2c1. The lowest BCUT2D eigenvalue weighted by molar-refractivity contribution is 0.617. The van der Waals surface area contributed by atoms with Crippen molar-refractivity contribution < 1.29 is 4.42 Å². The Hall–Kier alpha value is -2.48. The highest BCUT2D eigenvalue weighted by atomic mass is 16.3. The number of para-hydroxylation sites is 1. The van der Waals surface area contributed by atoms with Crippen molar-refractivity contribution in [2.45, 2.75) is 0 Å². The highest BCUT2D eigenvalue weighted by Crippen LogP contribution is 2.31. The van der Waals surface area contributed by atoms with E-state index in [1.165, 1.54) is 10.9 Å². The van der Waals surface area contributed by atoms with Gasteiger partial charge in [-0.2, -0.15) is 0 Å². The van der Waals surface area contributed by atoms with Gasteiger partial charge in [0, 0.05) is 22.7 Å². The Bertz CT molecular complexity index is 838. The second-order valence-corrected chi connectivity index (χ2v) is 4.43. The normalized spacial score (nSPS) is 11.3. The van der Waals surface area contributed by atoms with E-state index < -0.39 is 0 Å². The molecule has 0 unspecified atom stereocenters. The number of hydrogen-bond acceptors (Lipinski definition) is 1. The molecule has 0 radical (unpaired) electrons. The molecule has 2 nitrogen and oxygen atoms in total. The van der Waals surface area contributed by atoms with E-state index in [0.717, 1.165) is 22.0 Å². The average Bonchev–Trinajstić information content (AvgIpc) is 3.04. The summed E-state index contributed by atoms with van der Waals surface area (Å²) in [6.07, 6.45) is 3.79. The molecule has 0 fully saturated rings. The molecule has 2 aromatic heterocycles. The molecule has 2 heterocycles. The van der Waals surface area contributed by atoms with Crippen LogP contribution in [0.4, 0.5) is 0 Å². The zero-order chi connectivity index (χ0) is 11.9. The Morgan fingerprint density at radius 3 is 2.89 bits per heavy atom. The first kappa shape index (κ1) is 9.54. The van der Waals surface area contributed by atoms with E-state index in [1.54, 1.807) is 0 Å². The van der Waals surface area contributed by atoms with Crippen molar-refractivity contribution in [3.8, 4) is 11.1 Å².